The lowest BCUT2D eigenvalue weighted by molar-refractivity contribution is -0.134. The van der Waals surface area contributed by atoms with Crippen molar-refractivity contribution >= 4 is 5.91 Å². The van der Waals surface area contributed by atoms with Crippen LogP contribution < -0.4 is 10.4 Å². The monoisotopic (exact) mass is 420 g/mol. The summed E-state index contributed by atoms with van der Waals surface area (Å²) in [6.07, 6.45) is 1.54. The van der Waals surface area contributed by atoms with Gasteiger partial charge in [0.25, 0.3) is 5.91 Å². The second-order valence-corrected chi connectivity index (χ2v) is 8.22. The van der Waals surface area contributed by atoms with Crippen LogP contribution in [0.2, 0.25) is 0 Å². The molecule has 1 aromatic heterocycles. The number of aromatic amines is 1. The van der Waals surface area contributed by atoms with Gasteiger partial charge in [0.15, 0.2) is 6.61 Å². The second kappa shape index (κ2) is 9.20. The maximum atomic E-state index is 12.6. The Hall–Kier alpha value is -3.35. The zero-order valence-corrected chi connectivity index (χ0v) is 18.0. The summed E-state index contributed by atoms with van der Waals surface area (Å²) in [7, 11) is 0. The molecular weight excluding hydrogens is 392 g/mol. The fraction of sp³-hybridized carbons (Fsp3) is 0.375. The first-order chi connectivity index (χ1) is 15.0. The molecule has 7 heteroatoms. The third kappa shape index (κ3) is 5.05. The third-order valence-corrected chi connectivity index (χ3v) is 5.81. The van der Waals surface area contributed by atoms with Gasteiger partial charge in [-0.25, -0.2) is 9.89 Å². The number of H-pyrrole nitrogens is 1. The Morgan fingerprint density at radius 1 is 1.10 bits per heavy atom. The third-order valence-electron chi connectivity index (χ3n) is 5.81. The average Bonchev–Trinajstić information content (AvgIpc) is 3.14. The molecule has 2 aromatic carbocycles. The minimum Gasteiger partial charge on any atom is -0.484 e. The summed E-state index contributed by atoms with van der Waals surface area (Å²) >= 11 is 0. The van der Waals surface area contributed by atoms with Gasteiger partial charge in [-0.3, -0.25) is 9.36 Å². The number of ether oxygens (including phenoxy) is 1. The maximum absolute atomic E-state index is 12.6. The van der Waals surface area contributed by atoms with Crippen molar-refractivity contribution in [3.63, 3.8) is 0 Å². The minimum atomic E-state index is -0.194. The van der Waals surface area contributed by atoms with Gasteiger partial charge in [0, 0.05) is 19.0 Å². The lowest BCUT2D eigenvalue weighted by Gasteiger charge is -2.31. The molecule has 2 heterocycles. The van der Waals surface area contributed by atoms with Crippen LogP contribution in [-0.2, 0) is 11.3 Å². The van der Waals surface area contributed by atoms with Crippen LogP contribution in [0.15, 0.2) is 53.3 Å². The van der Waals surface area contributed by atoms with Crippen LogP contribution in [0.1, 0.15) is 41.3 Å². The highest BCUT2D eigenvalue weighted by atomic mass is 16.5. The molecule has 1 saturated heterocycles. The van der Waals surface area contributed by atoms with E-state index in [0.717, 1.165) is 29.8 Å². The summed E-state index contributed by atoms with van der Waals surface area (Å²) in [5.41, 5.74) is 3.16. The van der Waals surface area contributed by atoms with Crippen molar-refractivity contribution in [3.8, 4) is 5.75 Å². The standard InChI is InChI=1S/C24H28N4O3/c1-17-6-8-19(9-7-17)15-28-23(25-26-24(28)30)20-10-12-27(13-11-20)22(29)16-31-21-5-3-4-18(2)14-21/h3-9,14,20H,10-13,15-16H2,1-2H3,(H,26,30). The summed E-state index contributed by atoms with van der Waals surface area (Å²) in [6.45, 7) is 5.83. The van der Waals surface area contributed by atoms with E-state index in [9.17, 15) is 9.59 Å². The van der Waals surface area contributed by atoms with Crippen LogP contribution in [0, 0.1) is 13.8 Å². The fourth-order valence-corrected chi connectivity index (χ4v) is 4.00. The molecular formula is C24H28N4O3. The average molecular weight is 421 g/mol. The molecule has 3 aromatic rings. The molecule has 0 atom stereocenters. The fourth-order valence-electron chi connectivity index (χ4n) is 4.00. The quantitative estimate of drug-likeness (QED) is 0.665. The molecule has 1 amide bonds. The molecule has 0 bridgehead atoms. The molecule has 0 aliphatic carbocycles. The lowest BCUT2D eigenvalue weighted by atomic mass is 9.95. The minimum absolute atomic E-state index is 0.0148. The maximum Gasteiger partial charge on any atom is 0.343 e. The Bertz CT molecular complexity index is 1090. The molecule has 31 heavy (non-hydrogen) atoms. The van der Waals surface area contributed by atoms with E-state index < -0.39 is 0 Å². The Morgan fingerprint density at radius 2 is 1.84 bits per heavy atom. The number of nitrogens with zero attached hydrogens (tertiary/aromatic N) is 3. The summed E-state index contributed by atoms with van der Waals surface area (Å²) in [6, 6.07) is 15.9. The molecule has 1 N–H and O–H groups in total. The second-order valence-electron chi connectivity index (χ2n) is 8.22. The Kier molecular flexibility index (Phi) is 6.21. The van der Waals surface area contributed by atoms with Gasteiger partial charge in [-0.15, -0.1) is 0 Å². The number of nitrogens with one attached hydrogen (secondary N) is 1. The number of amides is 1. The predicted octanol–water partition coefficient (Wildman–Crippen LogP) is 3.02. The van der Waals surface area contributed by atoms with Crippen LogP contribution in [-0.4, -0.2) is 45.3 Å². The van der Waals surface area contributed by atoms with E-state index in [1.807, 2.05) is 67.3 Å². The van der Waals surface area contributed by atoms with Crippen molar-refractivity contribution in [1.29, 1.82) is 0 Å². The molecule has 1 fully saturated rings. The largest absolute Gasteiger partial charge is 0.484 e. The van der Waals surface area contributed by atoms with Crippen molar-refractivity contribution in [2.45, 2.75) is 39.2 Å². The van der Waals surface area contributed by atoms with Crippen LogP contribution in [0.25, 0.3) is 0 Å². The topological polar surface area (TPSA) is 80.2 Å². The molecule has 0 spiro atoms. The van der Waals surface area contributed by atoms with Crippen LogP contribution in [0.3, 0.4) is 0 Å². The SMILES string of the molecule is Cc1ccc(Cn2c(C3CCN(C(=O)COc4cccc(C)c4)CC3)n[nH]c2=O)cc1. The Labute approximate surface area is 181 Å². The number of hydrogen-bond acceptors (Lipinski definition) is 4. The van der Waals surface area contributed by atoms with Crippen LogP contribution >= 0.6 is 0 Å². The normalized spacial score (nSPS) is 14.6. The van der Waals surface area contributed by atoms with Crippen molar-refractivity contribution in [2.24, 2.45) is 0 Å². The van der Waals surface area contributed by atoms with Gasteiger partial charge in [-0.05, 0) is 49.9 Å². The van der Waals surface area contributed by atoms with Crippen molar-refractivity contribution in [1.82, 2.24) is 19.7 Å². The van der Waals surface area contributed by atoms with E-state index >= 15 is 0 Å². The lowest BCUT2D eigenvalue weighted by Crippen LogP contribution is -2.41. The number of piperidine rings is 1. The molecule has 0 unspecified atom stereocenters. The van der Waals surface area contributed by atoms with Crippen LogP contribution in [0.4, 0.5) is 0 Å². The Morgan fingerprint density at radius 3 is 2.55 bits per heavy atom. The van der Waals surface area contributed by atoms with Crippen LogP contribution in [0.5, 0.6) is 5.75 Å². The van der Waals surface area contributed by atoms with Gasteiger partial charge in [-0.2, -0.15) is 5.10 Å². The molecule has 0 radical (unpaired) electrons. The molecule has 162 valence electrons. The number of aryl methyl sites for hydroxylation is 2. The van der Waals surface area contributed by atoms with E-state index in [1.165, 1.54) is 5.56 Å². The number of hydrogen-bond donors (Lipinski definition) is 1. The summed E-state index contributed by atoms with van der Waals surface area (Å²) in [5.74, 6) is 1.61. The zero-order valence-electron chi connectivity index (χ0n) is 18.0. The van der Waals surface area contributed by atoms with Crippen molar-refractivity contribution < 1.29 is 9.53 Å². The summed E-state index contributed by atoms with van der Waals surface area (Å²) in [4.78, 5) is 26.7. The molecule has 0 saturated carbocycles. The molecule has 7 nitrogen and oxygen atoms in total. The number of aromatic nitrogens is 3. The summed E-state index contributed by atoms with van der Waals surface area (Å²) in [5, 5.41) is 6.90. The highest BCUT2D eigenvalue weighted by Crippen LogP contribution is 2.26. The first-order valence-electron chi connectivity index (χ1n) is 10.7. The molecule has 1 aliphatic heterocycles. The number of carbonyl (C=O) groups is 1. The number of likely N-dealkylation sites (tertiary alicyclic amines) is 1. The van der Waals surface area contributed by atoms with Gasteiger partial charge >= 0.3 is 5.69 Å². The van der Waals surface area contributed by atoms with E-state index in [0.29, 0.717) is 25.4 Å². The first-order valence-corrected chi connectivity index (χ1v) is 10.7. The highest BCUT2D eigenvalue weighted by Gasteiger charge is 2.27. The molecule has 4 rings (SSSR count). The van der Waals surface area contributed by atoms with E-state index in [-0.39, 0.29) is 24.1 Å². The van der Waals surface area contributed by atoms with E-state index in [2.05, 4.69) is 10.2 Å². The number of rotatable bonds is 6. The van der Waals surface area contributed by atoms with Gasteiger partial charge in [-0.1, -0.05) is 42.0 Å². The smallest absolute Gasteiger partial charge is 0.343 e. The van der Waals surface area contributed by atoms with Crippen molar-refractivity contribution in [2.75, 3.05) is 19.7 Å². The number of benzene rings is 2. The van der Waals surface area contributed by atoms with Gasteiger partial charge < -0.3 is 9.64 Å². The summed E-state index contributed by atoms with van der Waals surface area (Å²) < 4.78 is 7.37. The van der Waals surface area contributed by atoms with E-state index in [4.69, 9.17) is 4.74 Å². The first kappa shape index (κ1) is 20.9. The zero-order chi connectivity index (χ0) is 21.8. The van der Waals surface area contributed by atoms with Gasteiger partial charge in [0.05, 0.1) is 6.54 Å². The Balaban J connectivity index is 1.35. The number of carbonyl (C=O) groups excluding carboxylic acids is 1. The highest BCUT2D eigenvalue weighted by molar-refractivity contribution is 5.77. The van der Waals surface area contributed by atoms with Crippen molar-refractivity contribution in [3.05, 3.63) is 81.5 Å². The predicted molar refractivity (Wildman–Crippen MR) is 118 cm³/mol. The van der Waals surface area contributed by atoms with Gasteiger partial charge in [0.2, 0.25) is 0 Å². The molecule has 1 aliphatic rings. The van der Waals surface area contributed by atoms with Gasteiger partial charge in [0.1, 0.15) is 11.6 Å². The van der Waals surface area contributed by atoms with E-state index in [1.54, 1.807) is 4.57 Å².